The molecule has 2 saturated heterocycles. The van der Waals surface area contributed by atoms with Crippen molar-refractivity contribution in [2.24, 2.45) is 5.92 Å². The molecule has 0 aromatic rings. The predicted octanol–water partition coefficient (Wildman–Crippen LogP) is -0.0641. The monoisotopic (exact) mass is 183 g/mol. The molecule has 0 aliphatic carbocycles. The van der Waals surface area contributed by atoms with Crippen molar-refractivity contribution in [1.29, 1.82) is 0 Å². The Balaban J connectivity index is 1.73. The lowest BCUT2D eigenvalue weighted by molar-refractivity contribution is 0.307. The summed E-state index contributed by atoms with van der Waals surface area (Å²) in [7, 11) is 0. The fourth-order valence-electron chi connectivity index (χ4n) is 2.46. The third-order valence-corrected chi connectivity index (χ3v) is 3.14. The summed E-state index contributed by atoms with van der Waals surface area (Å²) in [4.78, 5) is 0. The molecule has 0 bridgehead atoms. The number of nitrogens with one attached hydrogen (secondary N) is 3. The van der Waals surface area contributed by atoms with Gasteiger partial charge in [0.2, 0.25) is 0 Å². The maximum Gasteiger partial charge on any atom is 0.0198 e. The molecule has 2 rings (SSSR count). The normalized spacial score (nSPS) is 40.8. The van der Waals surface area contributed by atoms with Crippen LogP contribution in [0.4, 0.5) is 0 Å². The average molecular weight is 183 g/mol. The molecule has 2 fully saturated rings. The second kappa shape index (κ2) is 4.40. The quantitative estimate of drug-likeness (QED) is 0.561. The molecule has 3 N–H and O–H groups in total. The molecule has 13 heavy (non-hydrogen) atoms. The maximum atomic E-state index is 3.65. The molecule has 0 aromatic carbocycles. The third-order valence-electron chi connectivity index (χ3n) is 3.14. The molecule has 2 aliphatic heterocycles. The Labute approximate surface area is 80.7 Å². The Morgan fingerprint density at radius 2 is 2.08 bits per heavy atom. The molecule has 0 spiro atoms. The van der Waals surface area contributed by atoms with Crippen molar-refractivity contribution in [3.63, 3.8) is 0 Å². The second-order valence-corrected chi connectivity index (χ2v) is 4.52. The van der Waals surface area contributed by atoms with Crippen LogP contribution in [-0.4, -0.2) is 38.3 Å². The zero-order chi connectivity index (χ0) is 9.10. The molecule has 2 aliphatic rings. The lowest BCUT2D eigenvalue weighted by atomic mass is 9.97. The van der Waals surface area contributed by atoms with Crippen molar-refractivity contribution in [1.82, 2.24) is 16.0 Å². The van der Waals surface area contributed by atoms with Gasteiger partial charge in [0.15, 0.2) is 0 Å². The molecule has 3 atom stereocenters. The van der Waals surface area contributed by atoms with Crippen LogP contribution in [0.2, 0.25) is 0 Å². The molecule has 0 saturated carbocycles. The molecule has 0 amide bonds. The van der Waals surface area contributed by atoms with E-state index in [1.165, 1.54) is 25.9 Å². The van der Waals surface area contributed by atoms with E-state index in [1.807, 2.05) is 0 Å². The first kappa shape index (κ1) is 9.44. The van der Waals surface area contributed by atoms with E-state index in [-0.39, 0.29) is 0 Å². The Hall–Kier alpha value is -0.120. The highest BCUT2D eigenvalue weighted by atomic mass is 15.1. The molecule has 3 nitrogen and oxygen atoms in total. The zero-order valence-electron chi connectivity index (χ0n) is 8.47. The van der Waals surface area contributed by atoms with E-state index in [4.69, 9.17) is 0 Å². The van der Waals surface area contributed by atoms with E-state index < -0.39 is 0 Å². The van der Waals surface area contributed by atoms with Gasteiger partial charge in [0.25, 0.3) is 0 Å². The van der Waals surface area contributed by atoms with Gasteiger partial charge < -0.3 is 16.0 Å². The fourth-order valence-corrected chi connectivity index (χ4v) is 2.46. The van der Waals surface area contributed by atoms with Crippen LogP contribution in [-0.2, 0) is 0 Å². The minimum Gasteiger partial charge on any atom is -0.316 e. The highest BCUT2D eigenvalue weighted by Crippen LogP contribution is 2.15. The Morgan fingerprint density at radius 1 is 1.15 bits per heavy atom. The van der Waals surface area contributed by atoms with Gasteiger partial charge >= 0.3 is 0 Å². The van der Waals surface area contributed by atoms with Gasteiger partial charge in [0, 0.05) is 25.2 Å². The molecule has 0 radical (unpaired) electrons. The predicted molar refractivity (Wildman–Crippen MR) is 54.8 cm³/mol. The summed E-state index contributed by atoms with van der Waals surface area (Å²) in [6.07, 6.45) is 2.71. The van der Waals surface area contributed by atoms with E-state index in [0.717, 1.165) is 19.0 Å². The summed E-state index contributed by atoms with van der Waals surface area (Å²) in [6, 6.07) is 1.35. The summed E-state index contributed by atoms with van der Waals surface area (Å²) < 4.78 is 0. The molecule has 3 heteroatoms. The van der Waals surface area contributed by atoms with Crippen LogP contribution in [0, 0.1) is 5.92 Å². The first-order valence-electron chi connectivity index (χ1n) is 5.52. The van der Waals surface area contributed by atoms with Crippen molar-refractivity contribution in [3.8, 4) is 0 Å². The van der Waals surface area contributed by atoms with Crippen LogP contribution in [0.5, 0.6) is 0 Å². The minimum absolute atomic E-state index is 0.646. The van der Waals surface area contributed by atoms with Gasteiger partial charge in [-0.25, -0.2) is 0 Å². The summed E-state index contributed by atoms with van der Waals surface area (Å²) in [5.74, 6) is 0.907. The summed E-state index contributed by atoms with van der Waals surface area (Å²) >= 11 is 0. The Bertz CT molecular complexity index is 154. The SMILES string of the molecule is C[C@H]1CNCC(C[C@H]2CCNC2)N1. The number of piperazine rings is 1. The maximum absolute atomic E-state index is 3.65. The summed E-state index contributed by atoms with van der Waals surface area (Å²) in [6.45, 7) is 6.99. The molecule has 1 unspecified atom stereocenters. The molecule has 76 valence electrons. The zero-order valence-corrected chi connectivity index (χ0v) is 8.47. The van der Waals surface area contributed by atoms with E-state index in [9.17, 15) is 0 Å². The standard InChI is InChI=1S/C10H21N3/c1-8-5-12-7-10(13-8)4-9-2-3-11-6-9/h8-13H,2-7H2,1H3/t8-,9+,10?/m0/s1. The van der Waals surface area contributed by atoms with Gasteiger partial charge in [-0.1, -0.05) is 0 Å². The van der Waals surface area contributed by atoms with Crippen molar-refractivity contribution < 1.29 is 0 Å². The topological polar surface area (TPSA) is 36.1 Å². The van der Waals surface area contributed by atoms with Crippen LogP contribution in [0.15, 0.2) is 0 Å². The van der Waals surface area contributed by atoms with Gasteiger partial charge in [-0.05, 0) is 38.8 Å². The lowest BCUT2D eigenvalue weighted by Gasteiger charge is -2.31. The Kier molecular flexibility index (Phi) is 3.19. The van der Waals surface area contributed by atoms with Gasteiger partial charge in [-0.2, -0.15) is 0 Å². The average Bonchev–Trinajstić information content (AvgIpc) is 2.57. The van der Waals surface area contributed by atoms with E-state index >= 15 is 0 Å². The molecular weight excluding hydrogens is 162 g/mol. The van der Waals surface area contributed by atoms with E-state index in [2.05, 4.69) is 22.9 Å². The van der Waals surface area contributed by atoms with Crippen LogP contribution in [0.3, 0.4) is 0 Å². The summed E-state index contributed by atoms with van der Waals surface area (Å²) in [5, 5.41) is 10.6. The smallest absolute Gasteiger partial charge is 0.0198 e. The van der Waals surface area contributed by atoms with Gasteiger partial charge in [0.1, 0.15) is 0 Å². The Morgan fingerprint density at radius 3 is 2.77 bits per heavy atom. The molecule has 2 heterocycles. The van der Waals surface area contributed by atoms with Crippen molar-refractivity contribution >= 4 is 0 Å². The second-order valence-electron chi connectivity index (χ2n) is 4.52. The highest BCUT2D eigenvalue weighted by molar-refractivity contribution is 4.84. The fraction of sp³-hybridized carbons (Fsp3) is 1.00. The van der Waals surface area contributed by atoms with Gasteiger partial charge in [-0.3, -0.25) is 0 Å². The highest BCUT2D eigenvalue weighted by Gasteiger charge is 2.22. The van der Waals surface area contributed by atoms with Crippen LogP contribution >= 0.6 is 0 Å². The largest absolute Gasteiger partial charge is 0.316 e. The van der Waals surface area contributed by atoms with E-state index in [0.29, 0.717) is 12.1 Å². The van der Waals surface area contributed by atoms with Crippen molar-refractivity contribution in [3.05, 3.63) is 0 Å². The van der Waals surface area contributed by atoms with Gasteiger partial charge in [-0.15, -0.1) is 0 Å². The minimum atomic E-state index is 0.646. The number of rotatable bonds is 2. The van der Waals surface area contributed by atoms with Crippen LogP contribution in [0.1, 0.15) is 19.8 Å². The summed E-state index contributed by atoms with van der Waals surface area (Å²) in [5.41, 5.74) is 0. The van der Waals surface area contributed by atoms with Crippen LogP contribution < -0.4 is 16.0 Å². The van der Waals surface area contributed by atoms with Crippen molar-refractivity contribution in [2.75, 3.05) is 26.2 Å². The number of hydrogen-bond donors (Lipinski definition) is 3. The lowest BCUT2D eigenvalue weighted by Crippen LogP contribution is -2.54. The van der Waals surface area contributed by atoms with Crippen molar-refractivity contribution in [2.45, 2.75) is 31.8 Å². The first-order chi connectivity index (χ1) is 6.34. The molecule has 0 aromatic heterocycles. The first-order valence-corrected chi connectivity index (χ1v) is 5.52. The van der Waals surface area contributed by atoms with Gasteiger partial charge in [0.05, 0.1) is 0 Å². The molecular formula is C10H21N3. The third kappa shape index (κ3) is 2.66. The van der Waals surface area contributed by atoms with E-state index in [1.54, 1.807) is 0 Å². The number of hydrogen-bond acceptors (Lipinski definition) is 3. The van der Waals surface area contributed by atoms with Crippen LogP contribution in [0.25, 0.3) is 0 Å².